The fourth-order valence-corrected chi connectivity index (χ4v) is 2.02. The number of aliphatic hydroxyl groups excluding tert-OH is 1. The molecule has 0 aromatic heterocycles. The first-order valence-corrected chi connectivity index (χ1v) is 7.14. The summed E-state index contributed by atoms with van der Waals surface area (Å²) in [5.74, 6) is -1.12. The Morgan fingerprint density at radius 3 is 2.77 bits per heavy atom. The molecule has 0 aliphatic heterocycles. The lowest BCUT2D eigenvalue weighted by Gasteiger charge is -2.19. The summed E-state index contributed by atoms with van der Waals surface area (Å²) in [6.45, 7) is 2.20. The predicted molar refractivity (Wildman–Crippen MR) is 78.4 cm³/mol. The van der Waals surface area contributed by atoms with Crippen LogP contribution < -0.4 is 10.6 Å². The van der Waals surface area contributed by atoms with Gasteiger partial charge in [-0.15, -0.1) is 0 Å². The van der Waals surface area contributed by atoms with Gasteiger partial charge in [-0.3, -0.25) is 0 Å². The first kappa shape index (κ1) is 18.3. The highest BCUT2D eigenvalue weighted by Crippen LogP contribution is 2.21. The van der Waals surface area contributed by atoms with E-state index in [1.54, 1.807) is 6.92 Å². The topological polar surface area (TPSA) is 70.6 Å². The number of aliphatic hydroxyl groups is 1. The molecule has 0 saturated carbocycles. The molecule has 0 aliphatic rings. The lowest BCUT2D eigenvalue weighted by atomic mass is 10.0. The maximum absolute atomic E-state index is 13.7. The van der Waals surface area contributed by atoms with Crippen molar-refractivity contribution in [2.75, 3.05) is 20.3 Å². The van der Waals surface area contributed by atoms with Gasteiger partial charge in [-0.05, 0) is 31.0 Å². The fraction of sp³-hybridized carbons (Fsp3) is 0.533. The van der Waals surface area contributed by atoms with Crippen LogP contribution in [-0.4, -0.2) is 37.5 Å². The number of urea groups is 1. The Bertz CT molecular complexity index is 486. The Morgan fingerprint density at radius 2 is 2.14 bits per heavy atom. The van der Waals surface area contributed by atoms with Crippen LogP contribution in [0.2, 0.25) is 0 Å². The third-order valence-electron chi connectivity index (χ3n) is 3.17. The zero-order valence-electron chi connectivity index (χ0n) is 12.7. The van der Waals surface area contributed by atoms with Gasteiger partial charge in [0.2, 0.25) is 0 Å². The molecule has 0 spiro atoms. The lowest BCUT2D eigenvalue weighted by Crippen LogP contribution is -2.39. The van der Waals surface area contributed by atoms with Crippen molar-refractivity contribution in [3.05, 3.63) is 35.4 Å². The van der Waals surface area contributed by atoms with Gasteiger partial charge in [0.25, 0.3) is 0 Å². The van der Waals surface area contributed by atoms with E-state index in [1.165, 1.54) is 7.11 Å². The summed E-state index contributed by atoms with van der Waals surface area (Å²) < 4.78 is 31.7. The molecule has 7 heteroatoms. The van der Waals surface area contributed by atoms with Crippen molar-refractivity contribution in [1.29, 1.82) is 0 Å². The van der Waals surface area contributed by atoms with E-state index in [0.717, 1.165) is 18.2 Å². The fourth-order valence-electron chi connectivity index (χ4n) is 2.02. The number of nitrogens with one attached hydrogen (secondary N) is 2. The van der Waals surface area contributed by atoms with Crippen LogP contribution in [0.5, 0.6) is 0 Å². The molecule has 1 rings (SSSR count). The van der Waals surface area contributed by atoms with Gasteiger partial charge in [-0.2, -0.15) is 0 Å². The number of amides is 2. The van der Waals surface area contributed by atoms with E-state index in [0.29, 0.717) is 12.8 Å². The van der Waals surface area contributed by atoms with Gasteiger partial charge in [0.05, 0.1) is 18.8 Å². The van der Waals surface area contributed by atoms with Crippen molar-refractivity contribution in [2.24, 2.45) is 0 Å². The molecule has 2 atom stereocenters. The van der Waals surface area contributed by atoms with Crippen LogP contribution in [0.1, 0.15) is 31.4 Å². The minimum atomic E-state index is -0.659. The normalized spacial score (nSPS) is 13.5. The quantitative estimate of drug-likeness (QED) is 0.688. The van der Waals surface area contributed by atoms with Crippen molar-refractivity contribution in [2.45, 2.75) is 31.9 Å². The third-order valence-corrected chi connectivity index (χ3v) is 3.17. The Morgan fingerprint density at radius 1 is 1.41 bits per heavy atom. The molecule has 22 heavy (non-hydrogen) atoms. The molecule has 5 nitrogen and oxygen atoms in total. The Hall–Kier alpha value is -1.73. The van der Waals surface area contributed by atoms with Crippen molar-refractivity contribution in [3.8, 4) is 0 Å². The standard InChI is InChI=1S/C15H22F2N2O3/c1-3-14(12-8-10(16)4-5-13(12)17)19-15(21)18-7-6-11(20)9-22-2/h4-5,8,11,14,20H,3,6-7,9H2,1-2H3,(H2,18,19,21). The van der Waals surface area contributed by atoms with Crippen molar-refractivity contribution >= 4 is 6.03 Å². The van der Waals surface area contributed by atoms with Crippen LogP contribution in [0.25, 0.3) is 0 Å². The summed E-state index contributed by atoms with van der Waals surface area (Å²) in [5.41, 5.74) is 0.108. The SMILES string of the molecule is CCC(NC(=O)NCCC(O)COC)c1cc(F)ccc1F. The maximum atomic E-state index is 13.7. The number of benzene rings is 1. The van der Waals surface area contributed by atoms with E-state index in [4.69, 9.17) is 4.74 Å². The van der Waals surface area contributed by atoms with Crippen LogP contribution in [0, 0.1) is 11.6 Å². The number of carbonyl (C=O) groups is 1. The molecule has 1 aromatic carbocycles. The molecule has 2 amide bonds. The average Bonchev–Trinajstić information content (AvgIpc) is 2.47. The van der Waals surface area contributed by atoms with Crippen LogP contribution >= 0.6 is 0 Å². The van der Waals surface area contributed by atoms with Gasteiger partial charge in [0, 0.05) is 19.2 Å². The summed E-state index contributed by atoms with van der Waals surface area (Å²) in [4.78, 5) is 11.8. The molecule has 0 bridgehead atoms. The van der Waals surface area contributed by atoms with Crippen LogP contribution in [0.3, 0.4) is 0 Å². The van der Waals surface area contributed by atoms with Gasteiger partial charge in [-0.1, -0.05) is 6.92 Å². The Balaban J connectivity index is 2.52. The van der Waals surface area contributed by atoms with Gasteiger partial charge < -0.3 is 20.5 Å². The zero-order valence-corrected chi connectivity index (χ0v) is 12.7. The van der Waals surface area contributed by atoms with Crippen molar-refractivity contribution in [1.82, 2.24) is 10.6 Å². The van der Waals surface area contributed by atoms with Gasteiger partial charge >= 0.3 is 6.03 Å². The minimum absolute atomic E-state index is 0.108. The van der Waals surface area contributed by atoms with Crippen LogP contribution in [0.4, 0.5) is 13.6 Å². The van der Waals surface area contributed by atoms with E-state index in [9.17, 15) is 18.7 Å². The maximum Gasteiger partial charge on any atom is 0.315 e. The molecule has 0 heterocycles. The van der Waals surface area contributed by atoms with Crippen LogP contribution in [-0.2, 0) is 4.74 Å². The van der Waals surface area contributed by atoms with Gasteiger partial charge in [-0.25, -0.2) is 13.6 Å². The van der Waals surface area contributed by atoms with E-state index < -0.39 is 29.8 Å². The minimum Gasteiger partial charge on any atom is -0.391 e. The molecular formula is C15H22F2N2O3. The lowest BCUT2D eigenvalue weighted by molar-refractivity contribution is 0.0598. The number of ether oxygens (including phenoxy) is 1. The number of carbonyl (C=O) groups excluding carboxylic acids is 1. The number of hydrogen-bond donors (Lipinski definition) is 3. The highest BCUT2D eigenvalue weighted by molar-refractivity contribution is 5.74. The van der Waals surface area contributed by atoms with E-state index in [2.05, 4.69) is 10.6 Å². The Labute approximate surface area is 128 Å². The van der Waals surface area contributed by atoms with Crippen molar-refractivity contribution < 1.29 is 23.4 Å². The highest BCUT2D eigenvalue weighted by Gasteiger charge is 2.17. The summed E-state index contributed by atoms with van der Waals surface area (Å²) in [7, 11) is 1.47. The first-order chi connectivity index (χ1) is 10.5. The zero-order chi connectivity index (χ0) is 16.5. The van der Waals surface area contributed by atoms with E-state index >= 15 is 0 Å². The van der Waals surface area contributed by atoms with Gasteiger partial charge in [0.1, 0.15) is 11.6 Å². The molecule has 0 aliphatic carbocycles. The number of hydrogen-bond acceptors (Lipinski definition) is 3. The first-order valence-electron chi connectivity index (χ1n) is 7.14. The third kappa shape index (κ3) is 5.95. The summed E-state index contributed by atoms with van der Waals surface area (Å²) in [6, 6.07) is 2.02. The molecule has 124 valence electrons. The molecule has 0 radical (unpaired) electrons. The number of rotatable bonds is 8. The monoisotopic (exact) mass is 316 g/mol. The average molecular weight is 316 g/mol. The Kier molecular flexibility index (Phi) is 7.76. The summed E-state index contributed by atoms with van der Waals surface area (Å²) in [6.07, 6.45) is 0.0971. The summed E-state index contributed by atoms with van der Waals surface area (Å²) in [5, 5.41) is 14.6. The van der Waals surface area contributed by atoms with E-state index in [1.807, 2.05) is 0 Å². The largest absolute Gasteiger partial charge is 0.391 e. The van der Waals surface area contributed by atoms with Crippen LogP contribution in [0.15, 0.2) is 18.2 Å². The van der Waals surface area contributed by atoms with E-state index in [-0.39, 0.29) is 18.7 Å². The second-order valence-corrected chi connectivity index (χ2v) is 4.92. The van der Waals surface area contributed by atoms with Crippen molar-refractivity contribution in [3.63, 3.8) is 0 Å². The number of halogens is 2. The summed E-state index contributed by atoms with van der Waals surface area (Å²) >= 11 is 0. The second-order valence-electron chi connectivity index (χ2n) is 4.92. The highest BCUT2D eigenvalue weighted by atomic mass is 19.1. The molecule has 3 N–H and O–H groups in total. The molecule has 1 aromatic rings. The van der Waals surface area contributed by atoms with Gasteiger partial charge in [0.15, 0.2) is 0 Å². The molecule has 0 fully saturated rings. The predicted octanol–water partition coefficient (Wildman–Crippen LogP) is 2.11. The molecular weight excluding hydrogens is 294 g/mol. The smallest absolute Gasteiger partial charge is 0.315 e. The second kappa shape index (κ2) is 9.32. The molecule has 0 saturated heterocycles. The molecule has 2 unspecified atom stereocenters. The number of methoxy groups -OCH3 is 1.